The first-order valence-electron chi connectivity index (χ1n) is 31.5. The van der Waals surface area contributed by atoms with Crippen LogP contribution < -0.4 is 0 Å². The minimum atomic E-state index is -0.404. The Bertz CT molecular complexity index is 2250. The van der Waals surface area contributed by atoms with Crippen LogP contribution in [-0.2, 0) is 66.7 Å². The van der Waals surface area contributed by atoms with Crippen LogP contribution in [0.15, 0.2) is 0 Å². The zero-order valence-corrected chi connectivity index (χ0v) is 51.4. The third kappa shape index (κ3) is 11.6. The topological polar surface area (TPSA) is 217 Å². The Balaban J connectivity index is 0.807. The summed E-state index contributed by atoms with van der Waals surface area (Å²) in [6, 6.07) is 0. The van der Waals surface area contributed by atoms with E-state index in [2.05, 4.69) is 41.5 Å². The second-order valence-electron chi connectivity index (χ2n) is 28.2. The van der Waals surface area contributed by atoms with Crippen molar-refractivity contribution in [1.82, 2.24) is 9.80 Å². The van der Waals surface area contributed by atoms with Gasteiger partial charge in [-0.1, -0.05) is 41.5 Å². The molecule has 1 heterocycles. The molecule has 22 atom stereocenters. The third-order valence-electron chi connectivity index (χ3n) is 24.5. The molecule has 8 saturated carbocycles. The molecule has 0 spiro atoms. The van der Waals surface area contributed by atoms with E-state index in [0.29, 0.717) is 103 Å². The highest BCUT2D eigenvalue weighted by Crippen LogP contribution is 2.71. The fourth-order valence-electron chi connectivity index (χ4n) is 20.6. The summed E-state index contributed by atoms with van der Waals surface area (Å²) in [6.07, 6.45) is 9.71. The smallest absolute Gasteiger partial charge is 0.410 e. The van der Waals surface area contributed by atoms with E-state index < -0.39 is 12.2 Å². The molecule has 2 amide bonds. The largest absolute Gasteiger partial charge is 0.469 e. The standard InChI is InChI=1S/C64H98N2O16/c1-35(13-19-55(71)75-11)45-15-17-47-57-49(33-53(63(45,47)9)79-39(5)69)61(7)23-21-43(29-41(61)31-51(57)77-37(3)67)81-59(73)65-25-27-66(28-26-65)60(74)82-44-22-24-62(8)42(30-44)32-52(78-38(4)68)58-48-18-16-46(36(2)14-20-56(72)76-12)64(48,10)54(34-50(58)62)80-40(6)70/h35-36,41-54,57-58H,13-34H2,1-12H3/t35-,36-,41+,42+,43-,44-,45-,46-,47+,48+,49+,50+,51-,52-,53+,54+,57+,58+,61+,62+,63-,64-/m1/s1. The Morgan fingerprint density at radius 1 is 0.451 bits per heavy atom. The lowest BCUT2D eigenvalue weighted by molar-refractivity contribution is -0.224. The molecule has 460 valence electrons. The summed E-state index contributed by atoms with van der Waals surface area (Å²) in [4.78, 5) is 107. The number of esters is 6. The van der Waals surface area contributed by atoms with Crippen molar-refractivity contribution in [3.8, 4) is 0 Å². The number of nitrogens with zero attached hydrogens (tertiary/aromatic N) is 2. The van der Waals surface area contributed by atoms with Crippen LogP contribution in [0.2, 0.25) is 0 Å². The lowest BCUT2D eigenvalue weighted by atomic mass is 9.43. The summed E-state index contributed by atoms with van der Waals surface area (Å²) in [7, 11) is 2.82. The molecular weight excluding hydrogens is 1050 g/mol. The number of hydrogen-bond acceptors (Lipinski definition) is 16. The molecular formula is C64H98N2O16. The van der Waals surface area contributed by atoms with Crippen molar-refractivity contribution in [2.24, 2.45) is 92.7 Å². The molecule has 0 aromatic carbocycles. The summed E-state index contributed by atoms with van der Waals surface area (Å²) < 4.78 is 47.9. The molecule has 8 aliphatic carbocycles. The monoisotopic (exact) mass is 1150 g/mol. The number of rotatable bonds is 14. The quantitative estimate of drug-likeness (QED) is 0.117. The van der Waals surface area contributed by atoms with Gasteiger partial charge in [-0.25, -0.2) is 9.59 Å². The highest BCUT2D eigenvalue weighted by molar-refractivity contribution is 5.71. The van der Waals surface area contributed by atoms with E-state index in [1.54, 1.807) is 9.80 Å². The molecule has 9 aliphatic rings. The normalized spacial score (nSPS) is 41.7. The summed E-state index contributed by atoms with van der Waals surface area (Å²) in [5, 5.41) is 0. The summed E-state index contributed by atoms with van der Waals surface area (Å²) >= 11 is 0. The maximum Gasteiger partial charge on any atom is 0.410 e. The number of methoxy groups -OCH3 is 2. The van der Waals surface area contributed by atoms with Crippen molar-refractivity contribution in [3.63, 3.8) is 0 Å². The van der Waals surface area contributed by atoms with Crippen molar-refractivity contribution >= 4 is 48.0 Å². The molecule has 0 aromatic heterocycles. The summed E-state index contributed by atoms with van der Waals surface area (Å²) in [6.45, 7) is 20.7. The maximum atomic E-state index is 14.0. The fraction of sp³-hybridized carbons (Fsp3) is 0.875. The SMILES string of the molecule is COC(=O)CC[C@@H](C)[C@H]1CC[C@H]2[C@@H]3[C@H](OC(C)=O)C[C@@H]4C[C@H](OC(=O)N5CCN(C(=O)O[C@@H]6CC[C@@]7(C)[C@@H](C6)C[C@@H](OC(C)=O)[C@@H]6[C@@H]7C[C@H](OC(C)=O)[C@]7(C)[C@@H]([C@H](C)CCC(=O)OC)CC[C@@H]67)CC5)CC[C@]4(C)[C@H]3C[C@H](OC(C)=O)[C@]12C. The molecule has 18 nitrogen and oxygen atoms in total. The average Bonchev–Trinajstić information content (AvgIpc) is 1.80. The second-order valence-corrected chi connectivity index (χ2v) is 28.2. The minimum Gasteiger partial charge on any atom is -0.469 e. The number of hydrogen-bond donors (Lipinski definition) is 0. The first kappa shape index (κ1) is 61.9. The number of amides is 2. The fourth-order valence-corrected chi connectivity index (χ4v) is 20.6. The second kappa shape index (κ2) is 24.4. The first-order valence-corrected chi connectivity index (χ1v) is 31.5. The molecule has 1 aliphatic heterocycles. The molecule has 0 bridgehead atoms. The summed E-state index contributed by atoms with van der Waals surface area (Å²) in [5.41, 5.74) is -1.10. The van der Waals surface area contributed by atoms with E-state index in [1.807, 2.05) is 0 Å². The van der Waals surface area contributed by atoms with Gasteiger partial charge in [-0.3, -0.25) is 28.8 Å². The van der Waals surface area contributed by atoms with Gasteiger partial charge in [0.05, 0.1) is 14.2 Å². The Kier molecular flexibility index (Phi) is 18.4. The number of fused-ring (bicyclic) bond motifs is 10. The van der Waals surface area contributed by atoms with E-state index in [4.69, 9.17) is 37.9 Å². The van der Waals surface area contributed by atoms with Gasteiger partial charge in [0.2, 0.25) is 0 Å². The highest BCUT2D eigenvalue weighted by atomic mass is 16.6. The molecule has 0 unspecified atom stereocenters. The van der Waals surface area contributed by atoms with Crippen LogP contribution in [0.25, 0.3) is 0 Å². The average molecular weight is 1150 g/mol. The molecule has 1 saturated heterocycles. The molecule has 9 fully saturated rings. The maximum absolute atomic E-state index is 14.0. The third-order valence-corrected chi connectivity index (χ3v) is 24.5. The van der Waals surface area contributed by atoms with Gasteiger partial charge < -0.3 is 47.7 Å². The van der Waals surface area contributed by atoms with Crippen LogP contribution >= 0.6 is 0 Å². The lowest BCUT2D eigenvalue weighted by Gasteiger charge is -2.64. The van der Waals surface area contributed by atoms with Crippen LogP contribution in [0.4, 0.5) is 9.59 Å². The lowest BCUT2D eigenvalue weighted by Crippen LogP contribution is -2.63. The molecule has 0 N–H and O–H groups in total. The summed E-state index contributed by atoms with van der Waals surface area (Å²) in [5.74, 6) is -0.140. The predicted octanol–water partition coefficient (Wildman–Crippen LogP) is 10.3. The van der Waals surface area contributed by atoms with Crippen LogP contribution in [0.5, 0.6) is 0 Å². The zero-order chi connectivity index (χ0) is 59.4. The molecule has 82 heavy (non-hydrogen) atoms. The van der Waals surface area contributed by atoms with Crippen LogP contribution in [0, 0.1) is 92.7 Å². The van der Waals surface area contributed by atoms with Crippen molar-refractivity contribution < 1.29 is 76.3 Å². The minimum absolute atomic E-state index is 0.0690. The van der Waals surface area contributed by atoms with Gasteiger partial charge >= 0.3 is 48.0 Å². The molecule has 18 heteroatoms. The van der Waals surface area contributed by atoms with Gasteiger partial charge in [-0.15, -0.1) is 0 Å². The van der Waals surface area contributed by atoms with Gasteiger partial charge in [0.15, 0.2) is 0 Å². The van der Waals surface area contributed by atoms with E-state index in [9.17, 15) is 38.4 Å². The van der Waals surface area contributed by atoms with Crippen molar-refractivity contribution in [3.05, 3.63) is 0 Å². The number of carbonyl (C=O) groups excluding carboxylic acids is 8. The molecule has 0 aromatic rings. The highest BCUT2D eigenvalue weighted by Gasteiger charge is 2.70. The number of ether oxygens (including phenoxy) is 8. The van der Waals surface area contributed by atoms with Gasteiger partial charge in [-0.2, -0.15) is 0 Å². The molecule has 9 rings (SSSR count). The number of piperazine rings is 1. The van der Waals surface area contributed by atoms with E-state index >= 15 is 0 Å². The van der Waals surface area contributed by atoms with Crippen molar-refractivity contribution in [1.29, 1.82) is 0 Å². The van der Waals surface area contributed by atoms with E-state index in [1.165, 1.54) is 41.9 Å². The Morgan fingerprint density at radius 2 is 0.805 bits per heavy atom. The van der Waals surface area contributed by atoms with Gasteiger partial charge in [0.1, 0.15) is 36.6 Å². The Morgan fingerprint density at radius 3 is 1.13 bits per heavy atom. The van der Waals surface area contributed by atoms with Crippen molar-refractivity contribution in [2.45, 2.75) is 221 Å². The first-order chi connectivity index (χ1) is 38.8. The van der Waals surface area contributed by atoms with Gasteiger partial charge in [-0.05, 0) is 173 Å². The van der Waals surface area contributed by atoms with Gasteiger partial charge in [0.25, 0.3) is 0 Å². The van der Waals surface area contributed by atoms with Crippen LogP contribution in [0.1, 0.15) is 185 Å². The van der Waals surface area contributed by atoms with E-state index in [-0.39, 0.29) is 165 Å². The van der Waals surface area contributed by atoms with E-state index in [0.717, 1.165) is 38.5 Å². The molecule has 0 radical (unpaired) electrons. The number of carbonyl (C=O) groups is 8. The van der Waals surface area contributed by atoms with Crippen LogP contribution in [-0.4, -0.2) is 135 Å². The van der Waals surface area contributed by atoms with Crippen molar-refractivity contribution in [2.75, 3.05) is 40.4 Å². The van der Waals surface area contributed by atoms with Crippen LogP contribution in [0.3, 0.4) is 0 Å². The Hall–Kier alpha value is -4.64. The van der Waals surface area contributed by atoms with Gasteiger partial charge in [0, 0.05) is 89.4 Å². The predicted molar refractivity (Wildman–Crippen MR) is 299 cm³/mol. The Labute approximate surface area is 486 Å². The zero-order valence-electron chi connectivity index (χ0n) is 51.4.